The maximum absolute atomic E-state index is 10.2. The van der Waals surface area contributed by atoms with Gasteiger partial charge in [-0.2, -0.15) is 0 Å². The molecule has 0 saturated carbocycles. The number of hydrogen-bond donors (Lipinski definition) is 0. The number of hydrogen-bond acceptors (Lipinski definition) is 3. The Morgan fingerprint density at radius 2 is 2.00 bits per heavy atom. The molecule has 0 atom stereocenters. The zero-order valence-corrected chi connectivity index (χ0v) is 8.63. The molecule has 0 aromatic carbocycles. The molecule has 13 heavy (non-hydrogen) atoms. The van der Waals surface area contributed by atoms with Gasteiger partial charge >= 0.3 is 5.69 Å². The van der Waals surface area contributed by atoms with Crippen LogP contribution >= 0.6 is 23.2 Å². The number of pyridine rings is 1. The van der Waals surface area contributed by atoms with Gasteiger partial charge in [-0.1, -0.05) is 37.0 Å². The largest absolute Gasteiger partial charge is 0.306 e. The predicted molar refractivity (Wildman–Crippen MR) is 52.3 cm³/mol. The van der Waals surface area contributed by atoms with Gasteiger partial charge in [-0.3, -0.25) is 10.1 Å². The van der Waals surface area contributed by atoms with E-state index in [-0.39, 0.29) is 15.9 Å². The first kappa shape index (κ1) is 12.1. The molecule has 1 aromatic rings. The Morgan fingerprint density at radius 1 is 1.46 bits per heavy atom. The van der Waals surface area contributed by atoms with E-state index in [1.807, 2.05) is 13.8 Å². The average Bonchev–Trinajstić information content (AvgIpc) is 2.07. The number of nitrogens with zero attached hydrogens (tertiary/aromatic N) is 2. The van der Waals surface area contributed by atoms with Gasteiger partial charge in [-0.25, -0.2) is 4.98 Å². The van der Waals surface area contributed by atoms with Gasteiger partial charge in [-0.15, -0.1) is 0 Å². The molecule has 72 valence electrons. The Balaban J connectivity index is 0.000000671. The van der Waals surface area contributed by atoms with E-state index in [0.717, 1.165) is 6.20 Å². The van der Waals surface area contributed by atoms with Gasteiger partial charge in [-0.05, 0) is 0 Å². The third kappa shape index (κ3) is 3.57. The molecule has 0 spiro atoms. The molecule has 6 heteroatoms. The van der Waals surface area contributed by atoms with Gasteiger partial charge in [0.25, 0.3) is 0 Å². The Morgan fingerprint density at radius 3 is 2.38 bits per heavy atom. The lowest BCUT2D eigenvalue weighted by molar-refractivity contribution is -0.385. The van der Waals surface area contributed by atoms with Crippen LogP contribution in [0.25, 0.3) is 0 Å². The normalized spacial score (nSPS) is 8.62. The zero-order chi connectivity index (χ0) is 10.4. The number of nitro groups is 1. The van der Waals surface area contributed by atoms with Crippen LogP contribution in [0.2, 0.25) is 10.2 Å². The SMILES string of the molecule is CC.O=[N+]([O-])c1cnc(Cl)cc1Cl. The minimum atomic E-state index is -0.619. The van der Waals surface area contributed by atoms with Crippen LogP contribution in [0.3, 0.4) is 0 Å². The Labute approximate surface area is 85.6 Å². The molecule has 0 radical (unpaired) electrons. The highest BCUT2D eigenvalue weighted by Crippen LogP contribution is 2.24. The van der Waals surface area contributed by atoms with E-state index in [2.05, 4.69) is 4.98 Å². The van der Waals surface area contributed by atoms with Crippen molar-refractivity contribution in [3.05, 3.63) is 32.6 Å². The first-order valence-corrected chi connectivity index (χ1v) is 4.32. The van der Waals surface area contributed by atoms with Crippen LogP contribution in [0.5, 0.6) is 0 Å². The van der Waals surface area contributed by atoms with E-state index in [1.165, 1.54) is 6.07 Å². The van der Waals surface area contributed by atoms with Crippen molar-refractivity contribution in [2.45, 2.75) is 13.8 Å². The smallest absolute Gasteiger partial charge is 0.258 e. The van der Waals surface area contributed by atoms with Gasteiger partial charge in [0.15, 0.2) is 0 Å². The lowest BCUT2D eigenvalue weighted by Gasteiger charge is -1.92. The zero-order valence-electron chi connectivity index (χ0n) is 7.12. The minimum Gasteiger partial charge on any atom is -0.258 e. The maximum atomic E-state index is 10.2. The quantitative estimate of drug-likeness (QED) is 0.416. The van der Waals surface area contributed by atoms with Gasteiger partial charge in [0, 0.05) is 6.07 Å². The van der Waals surface area contributed by atoms with Crippen LogP contribution in [0, 0.1) is 10.1 Å². The van der Waals surface area contributed by atoms with Crippen molar-refractivity contribution >= 4 is 28.9 Å². The fourth-order valence-corrected chi connectivity index (χ4v) is 0.970. The summed E-state index contributed by atoms with van der Waals surface area (Å²) in [7, 11) is 0. The molecule has 0 aliphatic heterocycles. The summed E-state index contributed by atoms with van der Waals surface area (Å²) in [5.74, 6) is 0. The van der Waals surface area contributed by atoms with Crippen molar-refractivity contribution < 1.29 is 4.92 Å². The standard InChI is InChI=1S/C5H2Cl2N2O2.C2H6/c6-3-1-5(7)8-2-4(3)9(10)11;1-2/h1-2H;1-2H3. The highest BCUT2D eigenvalue weighted by Gasteiger charge is 2.11. The van der Waals surface area contributed by atoms with Crippen LogP contribution in [0.4, 0.5) is 5.69 Å². The summed E-state index contributed by atoms with van der Waals surface area (Å²) >= 11 is 10.9. The van der Waals surface area contributed by atoms with Crippen LogP contribution in [0.15, 0.2) is 12.3 Å². The first-order chi connectivity index (χ1) is 6.11. The molecule has 0 aliphatic carbocycles. The summed E-state index contributed by atoms with van der Waals surface area (Å²) in [4.78, 5) is 13.1. The van der Waals surface area contributed by atoms with Crippen LogP contribution in [0.1, 0.15) is 13.8 Å². The second kappa shape index (κ2) is 5.72. The third-order valence-corrected chi connectivity index (χ3v) is 1.51. The number of rotatable bonds is 1. The highest BCUT2D eigenvalue weighted by atomic mass is 35.5. The van der Waals surface area contributed by atoms with Crippen LogP contribution < -0.4 is 0 Å². The summed E-state index contributed by atoms with van der Waals surface area (Å²) in [6.07, 6.45) is 1.02. The predicted octanol–water partition coefficient (Wildman–Crippen LogP) is 3.32. The third-order valence-electron chi connectivity index (χ3n) is 0.997. The van der Waals surface area contributed by atoms with E-state index in [1.54, 1.807) is 0 Å². The van der Waals surface area contributed by atoms with Crippen molar-refractivity contribution in [2.24, 2.45) is 0 Å². The Kier molecular flexibility index (Phi) is 5.34. The van der Waals surface area contributed by atoms with E-state index in [9.17, 15) is 10.1 Å². The lowest BCUT2D eigenvalue weighted by atomic mass is 10.4. The summed E-state index contributed by atoms with van der Waals surface area (Å²) in [6.45, 7) is 4.00. The monoisotopic (exact) mass is 222 g/mol. The number of halogens is 2. The molecule has 4 nitrogen and oxygen atoms in total. The molecule has 0 bridgehead atoms. The fourth-order valence-electron chi connectivity index (χ4n) is 0.535. The minimum absolute atomic E-state index is 0.00463. The van der Waals surface area contributed by atoms with E-state index >= 15 is 0 Å². The molecule has 1 heterocycles. The first-order valence-electron chi connectivity index (χ1n) is 3.56. The lowest BCUT2D eigenvalue weighted by Crippen LogP contribution is -1.89. The van der Waals surface area contributed by atoms with Crippen LogP contribution in [-0.2, 0) is 0 Å². The second-order valence-corrected chi connectivity index (χ2v) is 2.51. The highest BCUT2D eigenvalue weighted by molar-refractivity contribution is 6.35. The van der Waals surface area contributed by atoms with Crippen molar-refractivity contribution in [3.8, 4) is 0 Å². The summed E-state index contributed by atoms with van der Waals surface area (Å²) in [5, 5.41) is 10.3. The molecular formula is C7H8Cl2N2O2. The molecule has 0 N–H and O–H groups in total. The molecule has 1 aromatic heterocycles. The van der Waals surface area contributed by atoms with Gasteiger partial charge in [0.05, 0.1) is 4.92 Å². The molecule has 1 rings (SSSR count). The van der Waals surface area contributed by atoms with Gasteiger partial charge in [0.1, 0.15) is 16.4 Å². The maximum Gasteiger partial charge on any atom is 0.306 e. The van der Waals surface area contributed by atoms with E-state index in [4.69, 9.17) is 23.2 Å². The fraction of sp³-hybridized carbons (Fsp3) is 0.286. The molecule has 0 aliphatic rings. The van der Waals surface area contributed by atoms with Gasteiger partial charge in [0.2, 0.25) is 0 Å². The van der Waals surface area contributed by atoms with Crippen molar-refractivity contribution in [2.75, 3.05) is 0 Å². The molecule has 0 amide bonds. The van der Waals surface area contributed by atoms with E-state index < -0.39 is 4.92 Å². The summed E-state index contributed by atoms with van der Waals surface area (Å²) < 4.78 is 0. The summed E-state index contributed by atoms with van der Waals surface area (Å²) in [5.41, 5.74) is -0.240. The topological polar surface area (TPSA) is 56.0 Å². The number of aromatic nitrogens is 1. The average molecular weight is 223 g/mol. The van der Waals surface area contributed by atoms with Gasteiger partial charge < -0.3 is 0 Å². The molecule has 0 fully saturated rings. The molecule has 0 unspecified atom stereocenters. The Bertz CT molecular complexity index is 305. The van der Waals surface area contributed by atoms with Crippen molar-refractivity contribution in [1.82, 2.24) is 4.98 Å². The van der Waals surface area contributed by atoms with Crippen molar-refractivity contribution in [3.63, 3.8) is 0 Å². The summed E-state index contributed by atoms with van der Waals surface area (Å²) in [6, 6.07) is 1.22. The van der Waals surface area contributed by atoms with Crippen molar-refractivity contribution in [1.29, 1.82) is 0 Å². The second-order valence-electron chi connectivity index (χ2n) is 1.72. The van der Waals surface area contributed by atoms with E-state index in [0.29, 0.717) is 0 Å². The molecular weight excluding hydrogens is 215 g/mol. The molecule has 0 saturated heterocycles. The Hall–Kier alpha value is -0.870. The van der Waals surface area contributed by atoms with Crippen LogP contribution in [-0.4, -0.2) is 9.91 Å².